The number of ether oxygens (including phenoxy) is 3. The van der Waals surface area contributed by atoms with Crippen LogP contribution in [0.2, 0.25) is 0 Å². The van der Waals surface area contributed by atoms with Gasteiger partial charge in [-0.15, -0.1) is 5.10 Å². The minimum atomic E-state index is -0.291. The smallest absolute Gasteiger partial charge is 0.310 e. The molecule has 310 valence electrons. The van der Waals surface area contributed by atoms with Gasteiger partial charge in [0, 0.05) is 16.9 Å². The van der Waals surface area contributed by atoms with E-state index in [1.54, 1.807) is 4.80 Å². The lowest BCUT2D eigenvalue weighted by Crippen LogP contribution is -2.69. The lowest BCUT2D eigenvalue weighted by molar-refractivity contribution is -0.262. The summed E-state index contributed by atoms with van der Waals surface area (Å²) in [6.07, 6.45) is 8.26. The SMILES string of the molecule is CC(C)C(C(C)O[C@H]1[C@H](n2nnc(N)n2)C[C@@]23COCC1(C)[C@@H]2CC[C@H]1C3=CC[C@@]2(C)[C@H](C(=O)OCc3ccccc3)[C@@](C)([C@H](C)C(C)C)CC[C@]12C)N(C)C. The number of aromatic nitrogens is 4. The first kappa shape index (κ1) is 41.3. The van der Waals surface area contributed by atoms with Crippen LogP contribution in [0.25, 0.3) is 0 Å². The second-order valence-corrected chi connectivity index (χ2v) is 20.8. The van der Waals surface area contributed by atoms with Crippen molar-refractivity contribution in [2.45, 2.75) is 139 Å². The zero-order valence-corrected chi connectivity index (χ0v) is 36.5. The van der Waals surface area contributed by atoms with E-state index in [0.717, 1.165) is 44.1 Å². The molecule has 7 rings (SSSR count). The Morgan fingerprint density at radius 1 is 0.982 bits per heavy atom. The highest BCUT2D eigenvalue weighted by atomic mass is 16.5. The van der Waals surface area contributed by atoms with E-state index in [2.05, 4.69) is 110 Å². The topological polar surface area (TPSA) is 118 Å². The van der Waals surface area contributed by atoms with Gasteiger partial charge in [-0.2, -0.15) is 4.80 Å². The van der Waals surface area contributed by atoms with Crippen LogP contribution in [0.15, 0.2) is 42.0 Å². The van der Waals surface area contributed by atoms with E-state index >= 15 is 0 Å². The summed E-state index contributed by atoms with van der Waals surface area (Å²) in [5.74, 6) is 1.82. The van der Waals surface area contributed by atoms with Gasteiger partial charge >= 0.3 is 5.97 Å². The summed E-state index contributed by atoms with van der Waals surface area (Å²) >= 11 is 0. The Morgan fingerprint density at radius 3 is 2.32 bits per heavy atom. The van der Waals surface area contributed by atoms with Crippen molar-refractivity contribution < 1.29 is 19.0 Å². The summed E-state index contributed by atoms with van der Waals surface area (Å²) in [5, 5.41) is 13.4. The van der Waals surface area contributed by atoms with Crippen LogP contribution in [0, 0.1) is 62.6 Å². The van der Waals surface area contributed by atoms with Gasteiger partial charge in [-0.3, -0.25) is 4.79 Å². The highest BCUT2D eigenvalue weighted by Gasteiger charge is 2.72. The molecule has 0 radical (unpaired) electrons. The Hall–Kier alpha value is -2.82. The second-order valence-electron chi connectivity index (χ2n) is 20.8. The van der Waals surface area contributed by atoms with E-state index in [4.69, 9.17) is 19.9 Å². The van der Waals surface area contributed by atoms with Gasteiger partial charge in [-0.05, 0) is 116 Å². The van der Waals surface area contributed by atoms with Crippen LogP contribution in [0.4, 0.5) is 5.95 Å². The van der Waals surface area contributed by atoms with Gasteiger partial charge in [-0.1, -0.05) is 109 Å². The van der Waals surface area contributed by atoms with Crippen molar-refractivity contribution in [2.75, 3.05) is 33.0 Å². The summed E-state index contributed by atoms with van der Waals surface area (Å²) in [7, 11) is 4.30. The Kier molecular flexibility index (Phi) is 10.9. The fourth-order valence-electron chi connectivity index (χ4n) is 14.1. The van der Waals surface area contributed by atoms with Gasteiger partial charge < -0.3 is 24.8 Å². The third-order valence-corrected chi connectivity index (χ3v) is 17.2. The molecule has 0 spiro atoms. The van der Waals surface area contributed by atoms with Crippen LogP contribution < -0.4 is 5.73 Å². The van der Waals surface area contributed by atoms with Crippen LogP contribution in [-0.2, 0) is 25.6 Å². The number of nitrogen functional groups attached to an aromatic ring is 1. The van der Waals surface area contributed by atoms with Gasteiger partial charge in [0.25, 0.3) is 5.95 Å². The minimum absolute atomic E-state index is 0.0298. The first-order valence-corrected chi connectivity index (χ1v) is 21.7. The summed E-state index contributed by atoms with van der Waals surface area (Å²) < 4.78 is 20.5. The van der Waals surface area contributed by atoms with Crippen molar-refractivity contribution >= 4 is 11.9 Å². The largest absolute Gasteiger partial charge is 0.461 e. The van der Waals surface area contributed by atoms with Crippen molar-refractivity contribution in [3.05, 3.63) is 47.5 Å². The van der Waals surface area contributed by atoms with Crippen molar-refractivity contribution in [2.24, 2.45) is 62.6 Å². The number of allylic oxidation sites excluding steroid dienone is 1. The number of benzene rings is 1. The molecule has 2 heterocycles. The van der Waals surface area contributed by atoms with Gasteiger partial charge in [0.15, 0.2) is 0 Å². The van der Waals surface area contributed by atoms with E-state index in [0.29, 0.717) is 49.4 Å². The maximum absolute atomic E-state index is 14.9. The molecule has 4 aliphatic carbocycles. The first-order chi connectivity index (χ1) is 26.3. The number of fused-ring (bicyclic) bond motifs is 3. The van der Waals surface area contributed by atoms with Gasteiger partial charge in [0.05, 0.1) is 31.3 Å². The number of carbonyl (C=O) groups excluding carboxylic acids is 1. The molecule has 1 aromatic carbocycles. The van der Waals surface area contributed by atoms with Crippen molar-refractivity contribution in [3.63, 3.8) is 0 Å². The van der Waals surface area contributed by atoms with Crippen molar-refractivity contribution in [3.8, 4) is 0 Å². The highest BCUT2D eigenvalue weighted by Crippen LogP contribution is 2.75. The molecule has 13 atom stereocenters. The van der Waals surface area contributed by atoms with E-state index in [1.807, 2.05) is 30.3 Å². The van der Waals surface area contributed by atoms with E-state index < -0.39 is 0 Å². The number of carbonyl (C=O) groups is 1. The number of hydrogen-bond donors (Lipinski definition) is 1. The Morgan fingerprint density at radius 2 is 1.70 bits per heavy atom. The molecule has 1 aliphatic heterocycles. The highest BCUT2D eigenvalue weighted by molar-refractivity contribution is 5.75. The van der Waals surface area contributed by atoms with Crippen molar-refractivity contribution in [1.29, 1.82) is 0 Å². The molecule has 5 aliphatic rings. The number of likely N-dealkylation sites (N-methyl/N-ethyl adjacent to an activating group) is 1. The Balaban J connectivity index is 1.30. The zero-order valence-electron chi connectivity index (χ0n) is 36.5. The number of hydrogen-bond acceptors (Lipinski definition) is 9. The molecule has 2 bridgehead atoms. The van der Waals surface area contributed by atoms with Crippen LogP contribution in [0.5, 0.6) is 0 Å². The van der Waals surface area contributed by atoms with E-state index in [-0.39, 0.29) is 69.2 Å². The van der Waals surface area contributed by atoms with E-state index in [9.17, 15) is 4.79 Å². The molecular weight excluding hydrogens is 701 g/mol. The standard InChI is InChI=1S/C46H72N6O4/c1-28(2)30(5)42(7)22-23-44(9)33-18-19-36-43(8)26-54-27-46(36,34(33)20-21-45(44,10)38(42)40(53)55-25-32-16-14-13-15-17-32)24-35(52-49-41(47)48-50-52)39(43)56-31(6)37(29(3)4)51(11)12/h13-17,20,28-31,33,35-39H,18-19,21-27H2,1-12H3,(H2,47,49)/t30-,31?,33+,35-,36+,37?,38-,39+,42-,43?,44-,45+,46+/m1/s1. The summed E-state index contributed by atoms with van der Waals surface area (Å²) in [6.45, 7) is 25.1. The normalized spacial score (nSPS) is 39.6. The number of nitrogens with zero attached hydrogens (tertiary/aromatic N) is 5. The van der Waals surface area contributed by atoms with Gasteiger partial charge in [0.2, 0.25) is 0 Å². The number of nitrogens with two attached hydrogens (primary N) is 1. The number of anilines is 1. The van der Waals surface area contributed by atoms with Crippen LogP contribution in [0.1, 0.15) is 119 Å². The molecule has 10 heteroatoms. The zero-order chi connectivity index (χ0) is 40.6. The first-order valence-electron chi connectivity index (χ1n) is 21.7. The Bertz CT molecular complexity index is 1750. The predicted molar refractivity (Wildman–Crippen MR) is 220 cm³/mol. The van der Waals surface area contributed by atoms with Crippen LogP contribution >= 0.6 is 0 Å². The molecule has 1 saturated heterocycles. The maximum atomic E-state index is 14.9. The third kappa shape index (κ3) is 6.29. The lowest BCUT2D eigenvalue weighted by atomic mass is 9.34. The minimum Gasteiger partial charge on any atom is -0.461 e. The molecule has 3 unspecified atom stereocenters. The fraction of sp³-hybridized carbons (Fsp3) is 0.783. The molecule has 56 heavy (non-hydrogen) atoms. The fourth-order valence-corrected chi connectivity index (χ4v) is 14.1. The lowest BCUT2D eigenvalue weighted by Gasteiger charge is -2.71. The van der Waals surface area contributed by atoms with Crippen LogP contribution in [0.3, 0.4) is 0 Å². The monoisotopic (exact) mass is 773 g/mol. The molecule has 1 aromatic heterocycles. The van der Waals surface area contributed by atoms with Gasteiger partial charge in [-0.25, -0.2) is 0 Å². The summed E-state index contributed by atoms with van der Waals surface area (Å²) in [5.41, 5.74) is 7.64. The molecule has 0 amide bonds. The van der Waals surface area contributed by atoms with Crippen molar-refractivity contribution in [1.82, 2.24) is 25.1 Å². The second kappa shape index (κ2) is 14.8. The number of esters is 1. The third-order valence-electron chi connectivity index (χ3n) is 17.2. The number of tetrazole rings is 1. The summed E-state index contributed by atoms with van der Waals surface area (Å²) in [4.78, 5) is 18.9. The quantitative estimate of drug-likeness (QED) is 0.178. The van der Waals surface area contributed by atoms with E-state index in [1.165, 1.54) is 5.57 Å². The van der Waals surface area contributed by atoms with Gasteiger partial charge in [0.1, 0.15) is 12.6 Å². The molecule has 2 aromatic rings. The maximum Gasteiger partial charge on any atom is 0.310 e. The number of rotatable bonds is 11. The Labute approximate surface area is 337 Å². The average Bonchev–Trinajstić information content (AvgIpc) is 3.57. The predicted octanol–water partition coefficient (Wildman–Crippen LogP) is 8.40. The molecule has 10 nitrogen and oxygen atoms in total. The van der Waals surface area contributed by atoms with Crippen LogP contribution in [-0.4, -0.2) is 76.6 Å². The molecule has 3 saturated carbocycles. The molecular formula is C46H72N6O4. The average molecular weight is 773 g/mol. The summed E-state index contributed by atoms with van der Waals surface area (Å²) in [6, 6.07) is 10.2. The molecule has 4 fully saturated rings. The molecule has 2 N–H and O–H groups in total.